The number of fused-ring (bicyclic) bond motifs is 5. The van der Waals surface area contributed by atoms with Gasteiger partial charge in [0.2, 0.25) is 5.91 Å². The van der Waals surface area contributed by atoms with Gasteiger partial charge in [0.15, 0.2) is 5.82 Å². The number of amides is 1. The highest BCUT2D eigenvalue weighted by atomic mass is 35.5. The zero-order chi connectivity index (χ0) is 32.5. The van der Waals surface area contributed by atoms with Crippen molar-refractivity contribution >= 4 is 50.9 Å². The molecular formula is C37H36Cl2FN5O2. The second kappa shape index (κ2) is 10.4. The number of nitrogens with one attached hydrogen (secondary N) is 1. The Morgan fingerprint density at radius 2 is 2.02 bits per heavy atom. The summed E-state index contributed by atoms with van der Waals surface area (Å²) in [5, 5.41) is 26.4. The molecule has 2 aromatic heterocycles. The summed E-state index contributed by atoms with van der Waals surface area (Å²) < 4.78 is 19.6. The van der Waals surface area contributed by atoms with Crippen molar-refractivity contribution in [3.8, 4) is 17.2 Å². The zero-order valence-electron chi connectivity index (χ0n) is 26.4. The maximum atomic E-state index is 17.2. The van der Waals surface area contributed by atoms with Crippen molar-refractivity contribution in [1.82, 2.24) is 19.8 Å². The van der Waals surface area contributed by atoms with Crippen LogP contribution in [0, 0.1) is 34.4 Å². The molecule has 10 rings (SSSR count). The number of carbonyl (C=O) groups is 1. The largest absolute Gasteiger partial charge is 0.387 e. The van der Waals surface area contributed by atoms with Gasteiger partial charge in [0.05, 0.1) is 45.5 Å². The van der Waals surface area contributed by atoms with Gasteiger partial charge in [-0.1, -0.05) is 42.3 Å². The summed E-state index contributed by atoms with van der Waals surface area (Å²) in [6, 6.07) is 12.1. The van der Waals surface area contributed by atoms with Crippen LogP contribution in [0.3, 0.4) is 0 Å². The summed E-state index contributed by atoms with van der Waals surface area (Å²) in [6.45, 7) is 4.67. The molecule has 3 saturated heterocycles. The molecule has 7 nitrogen and oxygen atoms in total. The fourth-order valence-electron chi connectivity index (χ4n) is 9.01. The molecule has 10 heteroatoms. The van der Waals surface area contributed by atoms with Crippen LogP contribution in [0.15, 0.2) is 30.3 Å². The average Bonchev–Trinajstić information content (AvgIpc) is 3.68. The van der Waals surface area contributed by atoms with E-state index in [9.17, 15) is 15.2 Å². The number of aliphatic hydroxyl groups excluding tert-OH is 1. The minimum absolute atomic E-state index is 0.0829. The Labute approximate surface area is 282 Å². The quantitative estimate of drug-likeness (QED) is 0.209. The van der Waals surface area contributed by atoms with E-state index in [4.69, 9.17) is 28.2 Å². The van der Waals surface area contributed by atoms with E-state index in [0.29, 0.717) is 45.5 Å². The second-order valence-corrected chi connectivity index (χ2v) is 15.6. The molecule has 47 heavy (non-hydrogen) atoms. The van der Waals surface area contributed by atoms with Crippen LogP contribution < -0.4 is 5.32 Å². The predicted octanol–water partition coefficient (Wildman–Crippen LogP) is 7.81. The number of piperidine rings is 1. The molecule has 2 bridgehead atoms. The fraction of sp³-hybridized carbons (Fsp3) is 0.486. The highest BCUT2D eigenvalue weighted by molar-refractivity contribution is 6.43. The summed E-state index contributed by atoms with van der Waals surface area (Å²) in [7, 11) is 0. The van der Waals surface area contributed by atoms with E-state index >= 15 is 4.39 Å². The Hall–Kier alpha value is -3.22. The van der Waals surface area contributed by atoms with Crippen LogP contribution in [0.5, 0.6) is 0 Å². The average molecular weight is 673 g/mol. The van der Waals surface area contributed by atoms with Gasteiger partial charge in [0, 0.05) is 58.1 Å². The molecule has 7 atom stereocenters. The summed E-state index contributed by atoms with van der Waals surface area (Å²) in [5.74, 6) is 0.625. The van der Waals surface area contributed by atoms with Gasteiger partial charge in [-0.25, -0.2) is 9.37 Å². The third kappa shape index (κ3) is 4.29. The Morgan fingerprint density at radius 3 is 2.70 bits per heavy atom. The van der Waals surface area contributed by atoms with Gasteiger partial charge in [-0.2, -0.15) is 5.26 Å². The topological polar surface area (TPSA) is 94.2 Å². The minimum Gasteiger partial charge on any atom is -0.387 e. The van der Waals surface area contributed by atoms with Crippen molar-refractivity contribution in [2.45, 2.75) is 89.1 Å². The normalized spacial score (nSPS) is 28.7. The van der Waals surface area contributed by atoms with E-state index in [1.54, 1.807) is 25.1 Å². The monoisotopic (exact) mass is 671 g/mol. The van der Waals surface area contributed by atoms with Crippen LogP contribution in [-0.2, 0) is 11.2 Å². The van der Waals surface area contributed by atoms with Crippen LogP contribution in [-0.4, -0.2) is 44.1 Å². The van der Waals surface area contributed by atoms with Crippen LogP contribution >= 0.6 is 23.2 Å². The van der Waals surface area contributed by atoms with Crippen molar-refractivity contribution in [2.24, 2.45) is 17.3 Å². The van der Waals surface area contributed by atoms with Gasteiger partial charge in [-0.05, 0) is 81.0 Å². The fourth-order valence-corrected chi connectivity index (χ4v) is 9.41. The molecule has 0 spiro atoms. The minimum atomic E-state index is -0.960. The molecule has 6 fully saturated rings. The number of pyridine rings is 1. The first kappa shape index (κ1) is 29.9. The van der Waals surface area contributed by atoms with E-state index in [-0.39, 0.29) is 58.0 Å². The number of nitrogens with zero attached hydrogens (tertiary/aromatic N) is 4. The van der Waals surface area contributed by atoms with Crippen molar-refractivity contribution in [3.05, 3.63) is 63.1 Å². The van der Waals surface area contributed by atoms with Gasteiger partial charge >= 0.3 is 0 Å². The lowest BCUT2D eigenvalue weighted by atomic mass is 9.79. The number of halogens is 3. The van der Waals surface area contributed by atoms with Crippen molar-refractivity contribution in [2.75, 3.05) is 6.54 Å². The third-order valence-electron chi connectivity index (χ3n) is 11.9. The molecule has 1 unspecified atom stereocenters. The predicted molar refractivity (Wildman–Crippen MR) is 180 cm³/mol. The molecule has 4 aromatic rings. The van der Waals surface area contributed by atoms with E-state index in [1.165, 1.54) is 0 Å². The summed E-state index contributed by atoms with van der Waals surface area (Å²) >= 11 is 13.1. The first-order valence-corrected chi connectivity index (χ1v) is 17.6. The number of nitriles is 1. The molecule has 242 valence electrons. The lowest BCUT2D eigenvalue weighted by Crippen LogP contribution is -2.42. The number of hydrogen-bond donors (Lipinski definition) is 2. The Balaban J connectivity index is 1.35. The van der Waals surface area contributed by atoms with Crippen molar-refractivity contribution < 1.29 is 14.3 Å². The molecule has 5 heterocycles. The maximum Gasteiger partial charge on any atom is 0.229 e. The Kier molecular flexibility index (Phi) is 6.61. The van der Waals surface area contributed by atoms with E-state index in [0.717, 1.165) is 55.2 Å². The number of benzene rings is 2. The molecule has 2 aromatic carbocycles. The van der Waals surface area contributed by atoms with Crippen molar-refractivity contribution in [3.63, 3.8) is 0 Å². The molecule has 3 aliphatic carbocycles. The smallest absolute Gasteiger partial charge is 0.229 e. The van der Waals surface area contributed by atoms with Gasteiger partial charge in [-0.15, -0.1) is 0 Å². The number of likely N-dealkylation sites (tertiary alicyclic amines) is 1. The Morgan fingerprint density at radius 1 is 1.21 bits per heavy atom. The number of carbonyl (C=O) groups excluding carboxylic acids is 1. The molecule has 3 aliphatic heterocycles. The highest BCUT2D eigenvalue weighted by Gasteiger charge is 2.60. The molecular weight excluding hydrogens is 636 g/mol. The lowest BCUT2D eigenvalue weighted by molar-refractivity contribution is -0.138. The molecule has 0 radical (unpaired) electrons. The second-order valence-electron chi connectivity index (χ2n) is 14.8. The van der Waals surface area contributed by atoms with Crippen LogP contribution in [0.4, 0.5) is 4.39 Å². The maximum absolute atomic E-state index is 17.2. The molecule has 1 amide bonds. The molecule has 2 N–H and O–H groups in total. The van der Waals surface area contributed by atoms with E-state index in [1.807, 2.05) is 6.07 Å². The molecule has 6 aliphatic rings. The van der Waals surface area contributed by atoms with Gasteiger partial charge in [-0.3, -0.25) is 4.79 Å². The number of aliphatic hydroxyl groups is 1. The van der Waals surface area contributed by atoms with Crippen molar-refractivity contribution in [1.29, 1.82) is 5.26 Å². The Bertz CT molecular complexity index is 2050. The van der Waals surface area contributed by atoms with Crippen LogP contribution in [0.25, 0.3) is 32.9 Å². The molecule has 3 saturated carbocycles. The summed E-state index contributed by atoms with van der Waals surface area (Å²) in [6.07, 6.45) is 4.45. The van der Waals surface area contributed by atoms with Crippen LogP contribution in [0.2, 0.25) is 10.0 Å². The van der Waals surface area contributed by atoms with Crippen LogP contribution in [0.1, 0.15) is 87.5 Å². The van der Waals surface area contributed by atoms with Gasteiger partial charge < -0.3 is 19.9 Å². The number of rotatable bonds is 7. The SMILES string of the molecule is CC(O)c1nc2c(F)c(-c3cccc(Cl)c3Cl)c(CCC#N)cc2c2c1cc([C@H]1C[C@H]3C[C@H]3N1C(=O)C1(C)CC1)n2[C@H]1[C@H]2CN[C@@H]1C2. The lowest BCUT2D eigenvalue weighted by Gasteiger charge is -2.40. The number of hydrogen-bond acceptors (Lipinski definition) is 5. The first-order chi connectivity index (χ1) is 22.6. The number of aryl methyl sites for hydroxylation is 1. The standard InChI is InChI=1S/C37H36Cl2FN5O2/c1-17(46)32-23-15-28(27-14-19-13-26(19)44(27)36(47)37(2)8-9-37)45(34-20-12-25(34)42-16-20)35(23)22-11-18(5-4-10-41)29(31(40)33(22)43-32)21-6-3-7-24(38)30(21)39/h3,6-7,11,15,17,19-20,25-27,34,42,46H,4-5,8-9,12-14,16H2,1-2H3/t17?,19-,20-,25-,26-,27-,34+/m1/s1. The summed E-state index contributed by atoms with van der Waals surface area (Å²) in [5.41, 5.74) is 3.56. The number of aromatic nitrogens is 2. The highest BCUT2D eigenvalue weighted by Crippen LogP contribution is 2.60. The zero-order valence-corrected chi connectivity index (χ0v) is 27.9. The van der Waals surface area contributed by atoms with Gasteiger partial charge in [0.25, 0.3) is 0 Å². The third-order valence-corrected chi connectivity index (χ3v) is 12.7. The van der Waals surface area contributed by atoms with E-state index < -0.39 is 11.9 Å². The summed E-state index contributed by atoms with van der Waals surface area (Å²) in [4.78, 5) is 21.1. The van der Waals surface area contributed by atoms with Gasteiger partial charge in [0.1, 0.15) is 5.52 Å². The first-order valence-electron chi connectivity index (χ1n) is 16.9. The van der Waals surface area contributed by atoms with E-state index in [2.05, 4.69) is 33.8 Å².